The molecule has 0 aromatic carbocycles. The van der Waals surface area contributed by atoms with Crippen molar-refractivity contribution in [2.24, 2.45) is 4.99 Å². The van der Waals surface area contributed by atoms with Gasteiger partial charge in [-0.2, -0.15) is 0 Å². The van der Waals surface area contributed by atoms with Gasteiger partial charge >= 0.3 is 6.09 Å². The zero-order valence-corrected chi connectivity index (χ0v) is 16.4. The summed E-state index contributed by atoms with van der Waals surface area (Å²) in [6.45, 7) is 10.1. The van der Waals surface area contributed by atoms with Gasteiger partial charge in [0.05, 0.1) is 6.04 Å². The van der Waals surface area contributed by atoms with E-state index in [4.69, 9.17) is 4.74 Å². The number of guanidine groups is 1. The van der Waals surface area contributed by atoms with E-state index in [0.29, 0.717) is 32.1 Å². The smallest absolute Gasteiger partial charge is 0.410 e. The third-order valence-corrected chi connectivity index (χ3v) is 3.99. The number of amides is 2. The van der Waals surface area contributed by atoms with Crippen molar-refractivity contribution in [2.45, 2.75) is 71.1 Å². The second kappa shape index (κ2) is 9.09. The Morgan fingerprint density at radius 3 is 2.42 bits per heavy atom. The second-order valence-corrected chi connectivity index (χ2v) is 7.93. The number of carbonyl (C=O) groups excluding carboxylic acids is 2. The number of rotatable bonds is 7. The van der Waals surface area contributed by atoms with E-state index >= 15 is 0 Å². The van der Waals surface area contributed by atoms with E-state index in [0.717, 1.165) is 31.8 Å². The molecule has 2 fully saturated rings. The van der Waals surface area contributed by atoms with Crippen molar-refractivity contribution in [3.8, 4) is 0 Å². The van der Waals surface area contributed by atoms with Crippen LogP contribution in [0.2, 0.25) is 0 Å². The Hall–Kier alpha value is -1.99. The number of carbonyl (C=O) groups is 2. The standard InChI is InChI=1S/C18H33N5O3/c1-5-19-16(20-10-6-7-15(24)21-13-8-9-13)22-14-11-23(12-14)17(25)26-18(2,3)4/h13-14H,5-12H2,1-4H3,(H,21,24)(H2,19,20,22). The van der Waals surface area contributed by atoms with Crippen molar-refractivity contribution in [2.75, 3.05) is 26.2 Å². The van der Waals surface area contributed by atoms with Crippen LogP contribution in [0, 0.1) is 0 Å². The lowest BCUT2D eigenvalue weighted by atomic mass is 10.1. The maximum absolute atomic E-state index is 11.9. The summed E-state index contributed by atoms with van der Waals surface area (Å²) in [4.78, 5) is 29.8. The van der Waals surface area contributed by atoms with Crippen LogP contribution >= 0.6 is 0 Å². The van der Waals surface area contributed by atoms with Crippen molar-refractivity contribution in [1.29, 1.82) is 0 Å². The van der Waals surface area contributed by atoms with Crippen molar-refractivity contribution < 1.29 is 14.3 Å². The van der Waals surface area contributed by atoms with Crippen LogP contribution in [0.25, 0.3) is 0 Å². The molecule has 8 nitrogen and oxygen atoms in total. The van der Waals surface area contributed by atoms with E-state index in [1.807, 2.05) is 27.7 Å². The molecule has 0 aromatic rings. The molecule has 1 saturated carbocycles. The van der Waals surface area contributed by atoms with Gasteiger partial charge in [0.15, 0.2) is 5.96 Å². The molecule has 1 heterocycles. The van der Waals surface area contributed by atoms with Crippen LogP contribution in [0.5, 0.6) is 0 Å². The van der Waals surface area contributed by atoms with Crippen LogP contribution in [0.3, 0.4) is 0 Å². The fourth-order valence-corrected chi connectivity index (χ4v) is 2.52. The first kappa shape index (κ1) is 20.3. The summed E-state index contributed by atoms with van der Waals surface area (Å²) >= 11 is 0. The van der Waals surface area contributed by atoms with Crippen molar-refractivity contribution in [1.82, 2.24) is 20.9 Å². The largest absolute Gasteiger partial charge is 0.444 e. The van der Waals surface area contributed by atoms with E-state index < -0.39 is 5.60 Å². The van der Waals surface area contributed by atoms with E-state index in [9.17, 15) is 9.59 Å². The first-order valence-electron chi connectivity index (χ1n) is 9.59. The molecule has 26 heavy (non-hydrogen) atoms. The molecule has 3 N–H and O–H groups in total. The normalized spacial score (nSPS) is 18.2. The Bertz CT molecular complexity index is 519. The first-order valence-corrected chi connectivity index (χ1v) is 9.59. The maximum Gasteiger partial charge on any atom is 0.410 e. The van der Waals surface area contributed by atoms with Crippen molar-refractivity contribution >= 4 is 18.0 Å². The first-order chi connectivity index (χ1) is 12.3. The van der Waals surface area contributed by atoms with Crippen molar-refractivity contribution in [3.05, 3.63) is 0 Å². The van der Waals surface area contributed by atoms with E-state index in [2.05, 4.69) is 20.9 Å². The Morgan fingerprint density at radius 1 is 1.15 bits per heavy atom. The Morgan fingerprint density at radius 2 is 1.85 bits per heavy atom. The molecule has 0 unspecified atom stereocenters. The van der Waals surface area contributed by atoms with Gasteiger partial charge in [0.2, 0.25) is 5.91 Å². The lowest BCUT2D eigenvalue weighted by molar-refractivity contribution is -0.121. The molecule has 2 rings (SSSR count). The summed E-state index contributed by atoms with van der Waals surface area (Å²) in [7, 11) is 0. The molecule has 1 aliphatic heterocycles. The highest BCUT2D eigenvalue weighted by atomic mass is 16.6. The minimum Gasteiger partial charge on any atom is -0.444 e. The molecule has 8 heteroatoms. The Labute approximate surface area is 156 Å². The lowest BCUT2D eigenvalue weighted by Gasteiger charge is -2.40. The zero-order valence-electron chi connectivity index (χ0n) is 16.4. The number of hydrogen-bond donors (Lipinski definition) is 3. The summed E-state index contributed by atoms with van der Waals surface area (Å²) in [5.41, 5.74) is -0.474. The van der Waals surface area contributed by atoms with E-state index in [1.54, 1.807) is 4.90 Å². The summed E-state index contributed by atoms with van der Waals surface area (Å²) in [5, 5.41) is 9.50. The molecular formula is C18H33N5O3. The Balaban J connectivity index is 1.66. The Kier molecular flexibility index (Phi) is 7.11. The van der Waals surface area contributed by atoms with Crippen LogP contribution in [-0.4, -0.2) is 66.7 Å². The average molecular weight is 367 g/mol. The monoisotopic (exact) mass is 367 g/mol. The van der Waals surface area contributed by atoms with Gasteiger partial charge in [-0.3, -0.25) is 9.79 Å². The quantitative estimate of drug-likeness (QED) is 0.357. The maximum atomic E-state index is 11.9. The molecule has 2 amide bonds. The summed E-state index contributed by atoms with van der Waals surface area (Å²) in [6, 6.07) is 0.579. The predicted molar refractivity (Wildman–Crippen MR) is 101 cm³/mol. The molecule has 0 radical (unpaired) electrons. The molecular weight excluding hydrogens is 334 g/mol. The molecule has 148 valence electrons. The molecule has 0 bridgehead atoms. The van der Waals surface area contributed by atoms with Gasteiger partial charge in [0.25, 0.3) is 0 Å². The number of likely N-dealkylation sites (tertiary alicyclic amines) is 1. The molecule has 0 atom stereocenters. The molecule has 0 spiro atoms. The van der Waals surface area contributed by atoms with Crippen LogP contribution in [0.4, 0.5) is 4.79 Å². The zero-order chi connectivity index (χ0) is 19.2. The van der Waals surface area contributed by atoms with E-state index in [1.165, 1.54) is 0 Å². The van der Waals surface area contributed by atoms with Gasteiger partial charge in [0, 0.05) is 38.6 Å². The fraction of sp³-hybridized carbons (Fsp3) is 0.833. The van der Waals surface area contributed by atoms with E-state index in [-0.39, 0.29) is 18.0 Å². The molecule has 0 aromatic heterocycles. The van der Waals surface area contributed by atoms with Crippen LogP contribution in [-0.2, 0) is 9.53 Å². The van der Waals surface area contributed by atoms with Crippen LogP contribution in [0.1, 0.15) is 53.4 Å². The number of hydrogen-bond acceptors (Lipinski definition) is 4. The summed E-state index contributed by atoms with van der Waals surface area (Å²) in [6.07, 6.45) is 3.18. The summed E-state index contributed by atoms with van der Waals surface area (Å²) < 4.78 is 5.35. The van der Waals surface area contributed by atoms with Gasteiger partial charge in [-0.15, -0.1) is 0 Å². The second-order valence-electron chi connectivity index (χ2n) is 7.93. The highest BCUT2D eigenvalue weighted by molar-refractivity contribution is 5.81. The number of ether oxygens (including phenoxy) is 1. The highest BCUT2D eigenvalue weighted by Gasteiger charge is 2.34. The third-order valence-electron chi connectivity index (χ3n) is 3.99. The van der Waals surface area contributed by atoms with Gasteiger partial charge in [-0.05, 0) is 47.0 Å². The third kappa shape index (κ3) is 7.49. The van der Waals surface area contributed by atoms with Gasteiger partial charge in [-0.25, -0.2) is 4.79 Å². The number of aliphatic imine (C=N–C) groups is 1. The SMILES string of the molecule is CCNC(=NCCCC(=O)NC1CC1)NC1CN(C(=O)OC(C)(C)C)C1. The summed E-state index contributed by atoms with van der Waals surface area (Å²) in [5.74, 6) is 0.844. The minimum absolute atomic E-state index is 0.118. The number of nitrogens with zero attached hydrogens (tertiary/aromatic N) is 2. The fourth-order valence-electron chi connectivity index (χ4n) is 2.52. The van der Waals surface area contributed by atoms with Gasteiger partial charge in [-0.1, -0.05) is 0 Å². The highest BCUT2D eigenvalue weighted by Crippen LogP contribution is 2.18. The van der Waals surface area contributed by atoms with Gasteiger partial charge < -0.3 is 25.6 Å². The topological polar surface area (TPSA) is 95.1 Å². The molecule has 1 aliphatic carbocycles. The minimum atomic E-state index is -0.474. The molecule has 1 saturated heterocycles. The van der Waals surface area contributed by atoms with Gasteiger partial charge in [0.1, 0.15) is 5.60 Å². The van der Waals surface area contributed by atoms with Crippen LogP contribution < -0.4 is 16.0 Å². The van der Waals surface area contributed by atoms with Crippen LogP contribution in [0.15, 0.2) is 4.99 Å². The van der Waals surface area contributed by atoms with Crippen molar-refractivity contribution in [3.63, 3.8) is 0 Å². The average Bonchev–Trinajstić information content (AvgIpc) is 3.28. The molecule has 2 aliphatic rings. The predicted octanol–water partition coefficient (Wildman–Crippen LogP) is 1.22. The number of nitrogens with one attached hydrogen (secondary N) is 3. The lowest BCUT2D eigenvalue weighted by Crippen LogP contribution is -2.63.